The highest BCUT2D eigenvalue weighted by atomic mass is 35.5. The molecule has 1 aromatic carbocycles. The minimum Gasteiger partial charge on any atom is -0.352 e. The highest BCUT2D eigenvalue weighted by Gasteiger charge is 2.22. The van der Waals surface area contributed by atoms with Gasteiger partial charge in [0.05, 0.1) is 12.5 Å². The standard InChI is InChI=1S/C24H28N8.ClH/c1-19-22(15-28-29(19)2)17-30-11-13-32(14-12-30)24-23(26-7-8-27-24)21-5-3-20(4-6-21)16-31-10-9-25-18-31;/h3-10,15,18H,11-14,16-17H2,1-2H3;1H. The van der Waals surface area contributed by atoms with E-state index >= 15 is 0 Å². The molecule has 1 aliphatic rings. The third kappa shape index (κ3) is 5.07. The number of benzene rings is 1. The summed E-state index contributed by atoms with van der Waals surface area (Å²) in [6.45, 7) is 7.74. The van der Waals surface area contributed by atoms with Gasteiger partial charge in [0, 0.05) is 87.9 Å². The monoisotopic (exact) mass is 464 g/mol. The summed E-state index contributed by atoms with van der Waals surface area (Å²) < 4.78 is 4.01. The first-order chi connectivity index (χ1) is 15.7. The predicted molar refractivity (Wildman–Crippen MR) is 131 cm³/mol. The molecule has 5 rings (SSSR count). The lowest BCUT2D eigenvalue weighted by atomic mass is 10.1. The molecule has 0 bridgehead atoms. The molecule has 33 heavy (non-hydrogen) atoms. The summed E-state index contributed by atoms with van der Waals surface area (Å²) in [7, 11) is 2.00. The Kier molecular flexibility index (Phi) is 7.05. The lowest BCUT2D eigenvalue weighted by molar-refractivity contribution is 0.249. The van der Waals surface area contributed by atoms with Crippen LogP contribution in [0.25, 0.3) is 11.3 Å². The molecule has 172 valence electrons. The molecule has 0 unspecified atom stereocenters. The number of aryl methyl sites for hydroxylation is 1. The molecule has 1 aliphatic heterocycles. The Bertz CT molecular complexity index is 1160. The third-order valence-corrected chi connectivity index (χ3v) is 6.23. The van der Waals surface area contributed by atoms with Gasteiger partial charge in [0.25, 0.3) is 0 Å². The molecule has 0 atom stereocenters. The fourth-order valence-electron chi connectivity index (χ4n) is 4.18. The highest BCUT2D eigenvalue weighted by Crippen LogP contribution is 2.28. The van der Waals surface area contributed by atoms with Gasteiger partial charge in [-0.25, -0.2) is 9.97 Å². The summed E-state index contributed by atoms with van der Waals surface area (Å²) >= 11 is 0. The maximum atomic E-state index is 4.71. The number of aromatic nitrogens is 6. The van der Waals surface area contributed by atoms with Crippen molar-refractivity contribution >= 4 is 18.2 Å². The van der Waals surface area contributed by atoms with Gasteiger partial charge in [-0.1, -0.05) is 24.3 Å². The molecule has 0 aliphatic carbocycles. The van der Waals surface area contributed by atoms with Crippen LogP contribution in [0.1, 0.15) is 16.8 Å². The predicted octanol–water partition coefficient (Wildman–Crippen LogP) is 3.17. The van der Waals surface area contributed by atoms with E-state index in [1.807, 2.05) is 30.5 Å². The van der Waals surface area contributed by atoms with Crippen LogP contribution >= 0.6 is 12.4 Å². The second kappa shape index (κ2) is 10.1. The zero-order chi connectivity index (χ0) is 21.9. The Morgan fingerprint density at radius 1 is 0.909 bits per heavy atom. The Morgan fingerprint density at radius 2 is 1.67 bits per heavy atom. The van der Waals surface area contributed by atoms with E-state index < -0.39 is 0 Å². The van der Waals surface area contributed by atoms with E-state index in [2.05, 4.69) is 60.6 Å². The highest BCUT2D eigenvalue weighted by molar-refractivity contribution is 5.85. The number of hydrogen-bond donors (Lipinski definition) is 0. The Hall–Kier alpha value is -3.23. The van der Waals surface area contributed by atoms with Crippen LogP contribution in [-0.2, 0) is 20.1 Å². The first-order valence-electron chi connectivity index (χ1n) is 11.0. The van der Waals surface area contributed by atoms with E-state index in [1.54, 1.807) is 18.6 Å². The fourth-order valence-corrected chi connectivity index (χ4v) is 4.18. The van der Waals surface area contributed by atoms with Gasteiger partial charge in [-0.3, -0.25) is 14.6 Å². The Morgan fingerprint density at radius 3 is 2.33 bits per heavy atom. The van der Waals surface area contributed by atoms with Crippen molar-refractivity contribution in [3.8, 4) is 11.3 Å². The molecule has 3 aromatic heterocycles. The van der Waals surface area contributed by atoms with Crippen LogP contribution in [0.3, 0.4) is 0 Å². The number of anilines is 1. The van der Waals surface area contributed by atoms with E-state index in [9.17, 15) is 0 Å². The van der Waals surface area contributed by atoms with Crippen molar-refractivity contribution in [3.63, 3.8) is 0 Å². The van der Waals surface area contributed by atoms with Crippen LogP contribution in [0.15, 0.2) is 61.6 Å². The molecule has 0 amide bonds. The average Bonchev–Trinajstić information content (AvgIpc) is 3.46. The lowest BCUT2D eigenvalue weighted by Gasteiger charge is -2.35. The van der Waals surface area contributed by atoms with Crippen molar-refractivity contribution in [1.29, 1.82) is 0 Å². The number of nitrogens with zero attached hydrogens (tertiary/aromatic N) is 8. The van der Waals surface area contributed by atoms with Crippen LogP contribution in [0.5, 0.6) is 0 Å². The summed E-state index contributed by atoms with van der Waals surface area (Å²) in [5, 5.41) is 4.37. The molecular weight excluding hydrogens is 436 g/mol. The summed E-state index contributed by atoms with van der Waals surface area (Å²) in [4.78, 5) is 18.3. The van der Waals surface area contributed by atoms with Crippen LogP contribution in [-0.4, -0.2) is 60.4 Å². The number of imidazole rings is 1. The number of halogens is 1. The normalized spacial score (nSPS) is 14.3. The van der Waals surface area contributed by atoms with Crippen LogP contribution in [0.2, 0.25) is 0 Å². The molecule has 9 heteroatoms. The molecule has 0 spiro atoms. The van der Waals surface area contributed by atoms with E-state index in [4.69, 9.17) is 4.98 Å². The van der Waals surface area contributed by atoms with Gasteiger partial charge in [0.2, 0.25) is 0 Å². The van der Waals surface area contributed by atoms with Crippen molar-refractivity contribution in [3.05, 3.63) is 78.4 Å². The van der Waals surface area contributed by atoms with Gasteiger partial charge >= 0.3 is 0 Å². The largest absolute Gasteiger partial charge is 0.352 e. The SMILES string of the molecule is Cc1c(CN2CCN(c3nccnc3-c3ccc(Cn4ccnc4)cc3)CC2)cnn1C.Cl. The first kappa shape index (κ1) is 22.9. The fraction of sp³-hybridized carbons (Fsp3) is 0.333. The van der Waals surface area contributed by atoms with Crippen molar-refractivity contribution in [2.45, 2.75) is 20.0 Å². The second-order valence-corrected chi connectivity index (χ2v) is 8.30. The molecule has 0 radical (unpaired) electrons. The van der Waals surface area contributed by atoms with E-state index in [0.717, 1.165) is 56.3 Å². The molecule has 4 aromatic rings. The van der Waals surface area contributed by atoms with Gasteiger partial charge in [-0.2, -0.15) is 5.10 Å². The quantitative estimate of drug-likeness (QED) is 0.436. The maximum Gasteiger partial charge on any atom is 0.155 e. The summed E-state index contributed by atoms with van der Waals surface area (Å²) in [6, 6.07) is 8.59. The molecule has 0 saturated carbocycles. The molecule has 4 heterocycles. The van der Waals surface area contributed by atoms with Gasteiger partial charge in [-0.15, -0.1) is 12.4 Å². The van der Waals surface area contributed by atoms with Crippen LogP contribution in [0.4, 0.5) is 5.82 Å². The second-order valence-electron chi connectivity index (χ2n) is 8.30. The molecule has 8 nitrogen and oxygen atoms in total. The van der Waals surface area contributed by atoms with Crippen molar-refractivity contribution in [1.82, 2.24) is 34.2 Å². The zero-order valence-corrected chi connectivity index (χ0v) is 19.8. The summed E-state index contributed by atoms with van der Waals surface area (Å²) in [6.07, 6.45) is 11.2. The van der Waals surface area contributed by atoms with E-state index in [-0.39, 0.29) is 12.4 Å². The van der Waals surface area contributed by atoms with E-state index in [1.165, 1.54) is 16.8 Å². The van der Waals surface area contributed by atoms with Crippen LogP contribution in [0, 0.1) is 6.92 Å². The third-order valence-electron chi connectivity index (χ3n) is 6.23. The summed E-state index contributed by atoms with van der Waals surface area (Å²) in [5.41, 5.74) is 5.81. The van der Waals surface area contributed by atoms with Gasteiger partial charge < -0.3 is 9.47 Å². The Balaban J connectivity index is 0.00000259. The summed E-state index contributed by atoms with van der Waals surface area (Å²) in [5.74, 6) is 0.965. The van der Waals surface area contributed by atoms with Gasteiger partial charge in [0.1, 0.15) is 5.69 Å². The molecule has 1 saturated heterocycles. The lowest BCUT2D eigenvalue weighted by Crippen LogP contribution is -2.46. The smallest absolute Gasteiger partial charge is 0.155 e. The average molecular weight is 465 g/mol. The molecular formula is C24H29ClN8. The Labute approximate surface area is 200 Å². The van der Waals surface area contributed by atoms with Crippen molar-refractivity contribution in [2.24, 2.45) is 7.05 Å². The number of rotatable bonds is 6. The minimum absolute atomic E-state index is 0. The van der Waals surface area contributed by atoms with Gasteiger partial charge in [-0.05, 0) is 12.5 Å². The minimum atomic E-state index is 0. The number of hydrogen-bond acceptors (Lipinski definition) is 6. The van der Waals surface area contributed by atoms with Crippen LogP contribution < -0.4 is 4.90 Å². The molecule has 1 fully saturated rings. The number of piperazine rings is 1. The maximum absolute atomic E-state index is 4.71. The van der Waals surface area contributed by atoms with E-state index in [0.29, 0.717) is 0 Å². The topological polar surface area (TPSA) is 67.9 Å². The van der Waals surface area contributed by atoms with Crippen molar-refractivity contribution < 1.29 is 0 Å². The first-order valence-corrected chi connectivity index (χ1v) is 11.0. The molecule has 0 N–H and O–H groups in total. The van der Waals surface area contributed by atoms with Crippen molar-refractivity contribution in [2.75, 3.05) is 31.1 Å². The zero-order valence-electron chi connectivity index (χ0n) is 19.0. The van der Waals surface area contributed by atoms with Gasteiger partial charge in [0.15, 0.2) is 5.82 Å².